The lowest BCUT2D eigenvalue weighted by molar-refractivity contribution is -0.130. The number of carbonyl (C=O) groups excluding carboxylic acids is 1. The smallest absolute Gasteiger partial charge is 0.222 e. The number of hydrogen-bond acceptors (Lipinski definition) is 3. The highest BCUT2D eigenvalue weighted by molar-refractivity contribution is 7.99. The lowest BCUT2D eigenvalue weighted by atomic mass is 10.1. The van der Waals surface area contributed by atoms with E-state index in [9.17, 15) is 4.79 Å². The minimum absolute atomic E-state index is 0.309. The van der Waals surface area contributed by atoms with Crippen LogP contribution in [0.2, 0.25) is 0 Å². The van der Waals surface area contributed by atoms with E-state index in [4.69, 9.17) is 0 Å². The van der Waals surface area contributed by atoms with E-state index < -0.39 is 0 Å². The van der Waals surface area contributed by atoms with Gasteiger partial charge in [0.15, 0.2) is 0 Å². The van der Waals surface area contributed by atoms with Crippen LogP contribution in [-0.2, 0) is 4.79 Å². The highest BCUT2D eigenvalue weighted by Crippen LogP contribution is 2.09. The third-order valence-corrected chi connectivity index (χ3v) is 4.50. The van der Waals surface area contributed by atoms with E-state index in [0.29, 0.717) is 12.3 Å². The van der Waals surface area contributed by atoms with Crippen molar-refractivity contribution in [3.63, 3.8) is 0 Å². The summed E-state index contributed by atoms with van der Waals surface area (Å²) in [4.78, 5) is 16.3. The molecule has 3 nitrogen and oxygen atoms in total. The predicted octanol–water partition coefficient (Wildman–Crippen LogP) is 2.46. The summed E-state index contributed by atoms with van der Waals surface area (Å²) < 4.78 is 0. The van der Waals surface area contributed by atoms with Crippen molar-refractivity contribution >= 4 is 17.7 Å². The van der Waals surface area contributed by atoms with Crippen LogP contribution in [0.15, 0.2) is 0 Å². The van der Waals surface area contributed by atoms with Crippen LogP contribution < -0.4 is 0 Å². The Morgan fingerprint density at radius 1 is 1.28 bits per heavy atom. The molecular formula is C14H28N2OS. The lowest BCUT2D eigenvalue weighted by Crippen LogP contribution is -2.38. The lowest BCUT2D eigenvalue weighted by Gasteiger charge is -2.28. The largest absolute Gasteiger partial charge is 0.344 e. The highest BCUT2D eigenvalue weighted by Gasteiger charge is 2.13. The van der Waals surface area contributed by atoms with E-state index in [1.807, 2.05) is 23.7 Å². The van der Waals surface area contributed by atoms with E-state index in [2.05, 4.69) is 11.8 Å². The Bertz CT molecular complexity index is 230. The van der Waals surface area contributed by atoms with Gasteiger partial charge in [-0.05, 0) is 43.9 Å². The van der Waals surface area contributed by atoms with Crippen LogP contribution in [0.5, 0.6) is 0 Å². The van der Waals surface area contributed by atoms with Gasteiger partial charge in [0.25, 0.3) is 0 Å². The number of likely N-dealkylation sites (N-methyl/N-ethyl adjacent to an activating group) is 1. The van der Waals surface area contributed by atoms with Crippen molar-refractivity contribution in [1.82, 2.24) is 9.80 Å². The number of piperidine rings is 1. The van der Waals surface area contributed by atoms with E-state index >= 15 is 0 Å². The minimum atomic E-state index is 0.309. The number of likely N-dealkylation sites (tertiary alicyclic amines) is 1. The molecule has 0 atom stereocenters. The Morgan fingerprint density at radius 2 is 2.00 bits per heavy atom. The van der Waals surface area contributed by atoms with Crippen LogP contribution in [0.3, 0.4) is 0 Å². The first-order valence-electron chi connectivity index (χ1n) is 7.28. The van der Waals surface area contributed by atoms with Crippen molar-refractivity contribution in [2.24, 2.45) is 0 Å². The number of hydrogen-bond donors (Lipinski definition) is 0. The molecule has 4 heteroatoms. The first kappa shape index (κ1) is 15.8. The van der Waals surface area contributed by atoms with Gasteiger partial charge in [-0.15, -0.1) is 0 Å². The van der Waals surface area contributed by atoms with E-state index in [0.717, 1.165) is 31.0 Å². The third-order valence-electron chi connectivity index (χ3n) is 3.51. The van der Waals surface area contributed by atoms with Crippen LogP contribution in [0.1, 0.15) is 39.0 Å². The van der Waals surface area contributed by atoms with Gasteiger partial charge in [-0.2, -0.15) is 11.8 Å². The molecule has 0 aliphatic carbocycles. The molecule has 1 heterocycles. The van der Waals surface area contributed by atoms with Gasteiger partial charge in [0, 0.05) is 26.6 Å². The molecule has 18 heavy (non-hydrogen) atoms. The fourth-order valence-electron chi connectivity index (χ4n) is 2.26. The van der Waals surface area contributed by atoms with Gasteiger partial charge < -0.3 is 9.80 Å². The number of rotatable bonds is 8. The molecule has 1 aliphatic heterocycles. The maximum atomic E-state index is 11.9. The van der Waals surface area contributed by atoms with Gasteiger partial charge in [-0.3, -0.25) is 4.79 Å². The molecule has 0 aromatic heterocycles. The zero-order valence-corrected chi connectivity index (χ0v) is 12.8. The Hall–Kier alpha value is -0.220. The maximum absolute atomic E-state index is 11.9. The van der Waals surface area contributed by atoms with Gasteiger partial charge in [-0.1, -0.05) is 13.3 Å². The Labute approximate surface area is 116 Å². The second-order valence-corrected chi connectivity index (χ2v) is 6.41. The summed E-state index contributed by atoms with van der Waals surface area (Å²) in [6.07, 6.45) is 5.76. The SMILES string of the molecule is CCSCCCC(=O)N(C)CCN1CCCCC1. The van der Waals surface area contributed by atoms with E-state index in [1.54, 1.807) is 0 Å². The molecular weight excluding hydrogens is 244 g/mol. The Kier molecular flexibility index (Phi) is 8.51. The normalized spacial score (nSPS) is 16.8. The summed E-state index contributed by atoms with van der Waals surface area (Å²) in [6, 6.07) is 0. The molecule has 1 saturated heterocycles. The van der Waals surface area contributed by atoms with Gasteiger partial charge in [0.05, 0.1) is 0 Å². The number of amides is 1. The van der Waals surface area contributed by atoms with Gasteiger partial charge in [0.2, 0.25) is 5.91 Å². The summed E-state index contributed by atoms with van der Waals surface area (Å²) in [6.45, 7) is 6.53. The molecule has 1 amide bonds. The quantitative estimate of drug-likeness (QED) is 0.634. The number of nitrogens with zero attached hydrogens (tertiary/aromatic N) is 2. The van der Waals surface area contributed by atoms with Crippen molar-refractivity contribution in [1.29, 1.82) is 0 Å². The van der Waals surface area contributed by atoms with Crippen LogP contribution in [0.4, 0.5) is 0 Å². The molecule has 0 N–H and O–H groups in total. The zero-order chi connectivity index (χ0) is 13.2. The van der Waals surface area contributed by atoms with Gasteiger partial charge in [0.1, 0.15) is 0 Å². The highest BCUT2D eigenvalue weighted by atomic mass is 32.2. The molecule has 0 bridgehead atoms. The van der Waals surface area contributed by atoms with Crippen molar-refractivity contribution in [3.8, 4) is 0 Å². The summed E-state index contributed by atoms with van der Waals surface area (Å²) in [5, 5.41) is 0. The van der Waals surface area contributed by atoms with Crippen LogP contribution in [0, 0.1) is 0 Å². The fraction of sp³-hybridized carbons (Fsp3) is 0.929. The standard InChI is InChI=1S/C14H28N2OS/c1-3-18-13-7-8-14(17)15(2)11-12-16-9-5-4-6-10-16/h3-13H2,1-2H3. The molecule has 1 rings (SSSR count). The monoisotopic (exact) mass is 272 g/mol. The summed E-state index contributed by atoms with van der Waals surface area (Å²) >= 11 is 1.92. The first-order chi connectivity index (χ1) is 8.74. The Balaban J connectivity index is 2.07. The third kappa shape index (κ3) is 6.64. The molecule has 0 aromatic rings. The average molecular weight is 272 g/mol. The minimum Gasteiger partial charge on any atom is -0.344 e. The van der Waals surface area contributed by atoms with Gasteiger partial charge >= 0.3 is 0 Å². The summed E-state index contributed by atoms with van der Waals surface area (Å²) in [7, 11) is 1.94. The van der Waals surface area contributed by atoms with E-state index in [1.165, 1.54) is 32.4 Å². The molecule has 0 radical (unpaired) electrons. The van der Waals surface area contributed by atoms with Crippen molar-refractivity contribution in [2.75, 3.05) is 44.7 Å². The maximum Gasteiger partial charge on any atom is 0.222 e. The van der Waals surface area contributed by atoms with Crippen molar-refractivity contribution < 1.29 is 4.79 Å². The van der Waals surface area contributed by atoms with Crippen LogP contribution in [-0.4, -0.2) is 60.4 Å². The second kappa shape index (κ2) is 9.68. The molecule has 0 aromatic carbocycles. The molecule has 0 unspecified atom stereocenters. The topological polar surface area (TPSA) is 23.6 Å². The predicted molar refractivity (Wildman–Crippen MR) is 80.2 cm³/mol. The summed E-state index contributed by atoms with van der Waals surface area (Å²) in [5.74, 6) is 2.57. The molecule has 0 spiro atoms. The molecule has 106 valence electrons. The molecule has 1 aliphatic rings. The van der Waals surface area contributed by atoms with Crippen molar-refractivity contribution in [2.45, 2.75) is 39.0 Å². The summed E-state index contributed by atoms with van der Waals surface area (Å²) in [5.41, 5.74) is 0. The van der Waals surface area contributed by atoms with Crippen LogP contribution in [0.25, 0.3) is 0 Å². The second-order valence-electron chi connectivity index (χ2n) is 5.02. The number of carbonyl (C=O) groups is 1. The van der Waals surface area contributed by atoms with E-state index in [-0.39, 0.29) is 0 Å². The molecule has 0 saturated carbocycles. The Morgan fingerprint density at radius 3 is 2.67 bits per heavy atom. The van der Waals surface area contributed by atoms with Gasteiger partial charge in [-0.25, -0.2) is 0 Å². The number of thioether (sulfide) groups is 1. The fourth-order valence-corrected chi connectivity index (χ4v) is 2.90. The van der Waals surface area contributed by atoms with Crippen molar-refractivity contribution in [3.05, 3.63) is 0 Å². The average Bonchev–Trinajstić information content (AvgIpc) is 2.42. The zero-order valence-electron chi connectivity index (χ0n) is 12.0. The molecule has 1 fully saturated rings. The first-order valence-corrected chi connectivity index (χ1v) is 8.43. The van der Waals surface area contributed by atoms with Crippen LogP contribution >= 0.6 is 11.8 Å².